The van der Waals surface area contributed by atoms with Crippen LogP contribution in [0.25, 0.3) is 0 Å². The maximum Gasteiger partial charge on any atom is 0.227 e. The molecule has 0 saturated carbocycles. The molecule has 1 aromatic carbocycles. The molecular weight excluding hydrogens is 368 g/mol. The lowest BCUT2D eigenvalue weighted by Gasteiger charge is -2.37. The third-order valence-corrected chi connectivity index (χ3v) is 6.09. The Labute approximate surface area is 165 Å². The summed E-state index contributed by atoms with van der Waals surface area (Å²) in [7, 11) is 0. The summed E-state index contributed by atoms with van der Waals surface area (Å²) in [5.41, 5.74) is -0.431. The van der Waals surface area contributed by atoms with Gasteiger partial charge in [0.25, 0.3) is 0 Å². The van der Waals surface area contributed by atoms with Crippen molar-refractivity contribution in [2.24, 2.45) is 5.92 Å². The van der Waals surface area contributed by atoms with Crippen molar-refractivity contribution >= 4 is 17.5 Å². The Bertz CT molecular complexity index is 633. The van der Waals surface area contributed by atoms with E-state index in [4.69, 9.17) is 16.7 Å². The zero-order valence-electron chi connectivity index (χ0n) is 15.6. The number of hydrogen-bond acceptors (Lipinski definition) is 5. The van der Waals surface area contributed by atoms with Crippen LogP contribution in [0.2, 0.25) is 5.02 Å². The molecule has 0 unspecified atom stereocenters. The molecule has 150 valence electrons. The minimum Gasteiger partial charge on any atom is -0.396 e. The van der Waals surface area contributed by atoms with E-state index >= 15 is 0 Å². The number of nitrogens with zero attached hydrogens (tertiary/aromatic N) is 2. The third kappa shape index (κ3) is 5.21. The first-order valence-electron chi connectivity index (χ1n) is 9.65. The van der Waals surface area contributed by atoms with Gasteiger partial charge < -0.3 is 25.1 Å². The van der Waals surface area contributed by atoms with E-state index in [0.717, 1.165) is 37.9 Å². The number of β-amino-alcohol motifs (C(OH)–C–C–N with tert-alkyl or cyclic N) is 2. The van der Waals surface area contributed by atoms with Gasteiger partial charge in [0, 0.05) is 24.7 Å². The standard InChI is InChI=1S/C20H29ClN2O4/c21-17-3-1-16(2-4-17)11-19(26)23-12-18(25)20(27,14-23)13-22-8-5-15(6-9-22)7-10-24/h1-4,15,18,24-25,27H,5-14H2/t18-,20+/m1/s1. The molecule has 3 rings (SSSR count). The number of halogens is 1. The van der Waals surface area contributed by atoms with Crippen LogP contribution in [-0.4, -0.2) is 82.1 Å². The van der Waals surface area contributed by atoms with Gasteiger partial charge in [-0.2, -0.15) is 0 Å². The van der Waals surface area contributed by atoms with E-state index in [1.807, 2.05) is 12.1 Å². The van der Waals surface area contributed by atoms with Gasteiger partial charge in [-0.05, 0) is 56.0 Å². The maximum atomic E-state index is 12.6. The van der Waals surface area contributed by atoms with Gasteiger partial charge in [-0.25, -0.2) is 0 Å². The number of likely N-dealkylation sites (tertiary alicyclic amines) is 2. The second kappa shape index (κ2) is 8.88. The van der Waals surface area contributed by atoms with Crippen LogP contribution in [0.3, 0.4) is 0 Å². The van der Waals surface area contributed by atoms with Crippen molar-refractivity contribution in [1.82, 2.24) is 9.80 Å². The largest absolute Gasteiger partial charge is 0.396 e. The van der Waals surface area contributed by atoms with E-state index in [-0.39, 0.29) is 32.0 Å². The SMILES string of the molecule is O=C(Cc1ccc(Cl)cc1)N1C[C@@H](O)[C@](O)(CN2CCC(CCO)CC2)C1. The van der Waals surface area contributed by atoms with Crippen molar-refractivity contribution in [1.29, 1.82) is 0 Å². The zero-order valence-corrected chi connectivity index (χ0v) is 16.3. The Morgan fingerprint density at radius 2 is 1.89 bits per heavy atom. The second-order valence-electron chi connectivity index (χ2n) is 7.93. The van der Waals surface area contributed by atoms with E-state index in [2.05, 4.69) is 4.90 Å². The fourth-order valence-corrected chi connectivity index (χ4v) is 4.24. The number of piperidine rings is 1. The molecule has 2 aliphatic heterocycles. The number of hydrogen-bond donors (Lipinski definition) is 3. The molecule has 0 aromatic heterocycles. The molecule has 3 N–H and O–H groups in total. The lowest BCUT2D eigenvalue weighted by Crippen LogP contribution is -2.53. The second-order valence-corrected chi connectivity index (χ2v) is 8.37. The van der Waals surface area contributed by atoms with Crippen molar-refractivity contribution in [3.8, 4) is 0 Å². The number of carbonyl (C=O) groups excluding carboxylic acids is 1. The first kappa shape index (κ1) is 20.6. The summed E-state index contributed by atoms with van der Waals surface area (Å²) < 4.78 is 0. The fourth-order valence-electron chi connectivity index (χ4n) is 4.12. The van der Waals surface area contributed by atoms with Crippen LogP contribution in [0.4, 0.5) is 0 Å². The summed E-state index contributed by atoms with van der Waals surface area (Å²) in [5, 5.41) is 31.1. The molecule has 7 heteroatoms. The van der Waals surface area contributed by atoms with Crippen LogP contribution in [0.15, 0.2) is 24.3 Å². The van der Waals surface area contributed by atoms with Gasteiger partial charge in [0.05, 0.1) is 13.0 Å². The summed E-state index contributed by atoms with van der Waals surface area (Å²) >= 11 is 5.87. The molecule has 2 heterocycles. The van der Waals surface area contributed by atoms with Crippen LogP contribution >= 0.6 is 11.6 Å². The predicted molar refractivity (Wildman–Crippen MR) is 104 cm³/mol. The maximum absolute atomic E-state index is 12.6. The topological polar surface area (TPSA) is 84.2 Å². The minimum atomic E-state index is -1.29. The van der Waals surface area contributed by atoms with Crippen molar-refractivity contribution in [2.75, 3.05) is 39.3 Å². The Morgan fingerprint density at radius 1 is 1.22 bits per heavy atom. The summed E-state index contributed by atoms with van der Waals surface area (Å²) in [6.45, 7) is 2.58. The van der Waals surface area contributed by atoms with E-state index < -0.39 is 11.7 Å². The van der Waals surface area contributed by atoms with Crippen LogP contribution in [-0.2, 0) is 11.2 Å². The summed E-state index contributed by atoms with van der Waals surface area (Å²) in [4.78, 5) is 16.3. The highest BCUT2D eigenvalue weighted by Crippen LogP contribution is 2.27. The van der Waals surface area contributed by atoms with Crippen LogP contribution in [0, 0.1) is 5.92 Å². The lowest BCUT2D eigenvalue weighted by atomic mass is 9.92. The van der Waals surface area contributed by atoms with E-state index in [9.17, 15) is 15.0 Å². The molecule has 27 heavy (non-hydrogen) atoms. The molecule has 2 atom stereocenters. The van der Waals surface area contributed by atoms with E-state index in [0.29, 0.717) is 17.5 Å². The van der Waals surface area contributed by atoms with Crippen molar-refractivity contribution < 1.29 is 20.1 Å². The smallest absolute Gasteiger partial charge is 0.227 e. The summed E-state index contributed by atoms with van der Waals surface area (Å²) in [5.74, 6) is 0.431. The van der Waals surface area contributed by atoms with Gasteiger partial charge in [0.15, 0.2) is 0 Å². The predicted octanol–water partition coefficient (Wildman–Crippen LogP) is 0.911. The van der Waals surface area contributed by atoms with E-state index in [1.165, 1.54) is 0 Å². The zero-order chi connectivity index (χ0) is 19.4. The highest BCUT2D eigenvalue weighted by molar-refractivity contribution is 6.30. The van der Waals surface area contributed by atoms with Gasteiger partial charge in [-0.3, -0.25) is 4.79 Å². The van der Waals surface area contributed by atoms with Crippen LogP contribution in [0.5, 0.6) is 0 Å². The fraction of sp³-hybridized carbons (Fsp3) is 0.650. The van der Waals surface area contributed by atoms with Crippen molar-refractivity contribution in [3.63, 3.8) is 0 Å². The van der Waals surface area contributed by atoms with Gasteiger partial charge >= 0.3 is 0 Å². The summed E-state index contributed by atoms with van der Waals surface area (Å²) in [6.07, 6.45) is 2.10. The molecule has 0 radical (unpaired) electrons. The molecule has 2 saturated heterocycles. The quantitative estimate of drug-likeness (QED) is 0.665. The van der Waals surface area contributed by atoms with E-state index in [1.54, 1.807) is 17.0 Å². The number of aliphatic hydroxyl groups excluding tert-OH is 2. The molecule has 0 spiro atoms. The molecule has 6 nitrogen and oxygen atoms in total. The minimum absolute atomic E-state index is 0.103. The number of amides is 1. The van der Waals surface area contributed by atoms with Gasteiger partial charge in [0.2, 0.25) is 5.91 Å². The Hall–Kier alpha value is -1.18. The van der Waals surface area contributed by atoms with Crippen molar-refractivity contribution in [3.05, 3.63) is 34.9 Å². The molecule has 0 bridgehead atoms. The van der Waals surface area contributed by atoms with Crippen LogP contribution in [0.1, 0.15) is 24.8 Å². The molecular formula is C20H29ClN2O4. The number of rotatable bonds is 6. The van der Waals surface area contributed by atoms with Gasteiger partial charge in [-0.1, -0.05) is 23.7 Å². The lowest BCUT2D eigenvalue weighted by molar-refractivity contribution is -0.130. The first-order valence-corrected chi connectivity index (χ1v) is 10.0. The third-order valence-electron chi connectivity index (χ3n) is 5.84. The average Bonchev–Trinajstić information content (AvgIpc) is 2.94. The van der Waals surface area contributed by atoms with Crippen molar-refractivity contribution in [2.45, 2.75) is 37.4 Å². The molecule has 0 aliphatic carbocycles. The number of benzene rings is 1. The van der Waals surface area contributed by atoms with Crippen LogP contribution < -0.4 is 0 Å². The monoisotopic (exact) mass is 396 g/mol. The molecule has 1 amide bonds. The van der Waals surface area contributed by atoms with Gasteiger partial charge in [0.1, 0.15) is 11.7 Å². The number of carbonyl (C=O) groups is 1. The highest BCUT2D eigenvalue weighted by atomic mass is 35.5. The first-order chi connectivity index (χ1) is 12.9. The molecule has 1 aromatic rings. The Kier molecular flexibility index (Phi) is 6.76. The summed E-state index contributed by atoms with van der Waals surface area (Å²) in [6, 6.07) is 7.13. The highest BCUT2D eigenvalue weighted by Gasteiger charge is 2.47. The Balaban J connectivity index is 1.53. The Morgan fingerprint density at radius 3 is 2.52 bits per heavy atom. The molecule has 2 fully saturated rings. The normalized spacial score (nSPS) is 27.3. The average molecular weight is 397 g/mol. The van der Waals surface area contributed by atoms with Gasteiger partial charge in [-0.15, -0.1) is 0 Å². The molecule has 2 aliphatic rings. The number of aliphatic hydroxyl groups is 3.